The molecular weight excluding hydrogens is 178 g/mol. The SMILES string of the molecule is CC(C)CC1CCCC(N)(C(=O)O)C1. The number of hydrogen-bond acceptors (Lipinski definition) is 2. The lowest BCUT2D eigenvalue weighted by Crippen LogP contribution is -2.51. The quantitative estimate of drug-likeness (QED) is 0.730. The van der Waals surface area contributed by atoms with E-state index in [2.05, 4.69) is 13.8 Å². The first-order valence-electron chi connectivity index (χ1n) is 5.46. The Hall–Kier alpha value is -0.570. The van der Waals surface area contributed by atoms with Crippen LogP contribution in [0.2, 0.25) is 0 Å². The molecule has 3 N–H and O–H groups in total. The zero-order valence-corrected chi connectivity index (χ0v) is 9.12. The van der Waals surface area contributed by atoms with Gasteiger partial charge >= 0.3 is 5.97 Å². The van der Waals surface area contributed by atoms with Crippen molar-refractivity contribution in [2.45, 2.75) is 51.5 Å². The molecule has 0 bridgehead atoms. The Labute approximate surface area is 85.7 Å². The smallest absolute Gasteiger partial charge is 0.323 e. The minimum Gasteiger partial charge on any atom is -0.480 e. The first kappa shape index (κ1) is 11.5. The second kappa shape index (κ2) is 4.30. The fourth-order valence-corrected chi connectivity index (χ4v) is 2.49. The van der Waals surface area contributed by atoms with E-state index in [1.165, 1.54) is 0 Å². The summed E-state index contributed by atoms with van der Waals surface area (Å²) >= 11 is 0. The van der Waals surface area contributed by atoms with Crippen molar-refractivity contribution in [2.75, 3.05) is 0 Å². The molecule has 1 saturated carbocycles. The van der Waals surface area contributed by atoms with Crippen LogP contribution >= 0.6 is 0 Å². The van der Waals surface area contributed by atoms with Crippen molar-refractivity contribution in [2.24, 2.45) is 17.6 Å². The molecule has 3 heteroatoms. The number of rotatable bonds is 3. The number of hydrogen-bond donors (Lipinski definition) is 2. The largest absolute Gasteiger partial charge is 0.480 e. The Morgan fingerprint density at radius 2 is 2.29 bits per heavy atom. The minimum atomic E-state index is -0.947. The molecule has 14 heavy (non-hydrogen) atoms. The maximum absolute atomic E-state index is 11.0. The van der Waals surface area contributed by atoms with Gasteiger partial charge in [-0.15, -0.1) is 0 Å². The Bertz CT molecular complexity index is 215. The normalized spacial score (nSPS) is 33.3. The van der Waals surface area contributed by atoms with Gasteiger partial charge in [0.25, 0.3) is 0 Å². The Morgan fingerprint density at radius 3 is 2.79 bits per heavy atom. The maximum atomic E-state index is 11.0. The van der Waals surface area contributed by atoms with Gasteiger partial charge in [0, 0.05) is 0 Å². The van der Waals surface area contributed by atoms with Crippen molar-refractivity contribution in [3.8, 4) is 0 Å². The second-order valence-electron chi connectivity index (χ2n) is 5.05. The Kier molecular flexibility index (Phi) is 3.53. The molecule has 0 aliphatic heterocycles. The second-order valence-corrected chi connectivity index (χ2v) is 5.05. The van der Waals surface area contributed by atoms with E-state index < -0.39 is 11.5 Å². The van der Waals surface area contributed by atoms with Crippen molar-refractivity contribution < 1.29 is 9.90 Å². The fraction of sp³-hybridized carbons (Fsp3) is 0.909. The number of carboxylic acid groups (broad SMARTS) is 1. The van der Waals surface area contributed by atoms with Crippen LogP contribution in [0.25, 0.3) is 0 Å². The summed E-state index contributed by atoms with van der Waals surface area (Å²) in [6, 6.07) is 0. The molecule has 3 nitrogen and oxygen atoms in total. The number of carbonyl (C=O) groups is 1. The summed E-state index contributed by atoms with van der Waals surface area (Å²) < 4.78 is 0. The number of nitrogens with two attached hydrogens (primary N) is 1. The van der Waals surface area contributed by atoms with Crippen LogP contribution in [0.4, 0.5) is 0 Å². The average molecular weight is 199 g/mol. The van der Waals surface area contributed by atoms with Gasteiger partial charge in [0.1, 0.15) is 5.54 Å². The fourth-order valence-electron chi connectivity index (χ4n) is 2.49. The van der Waals surface area contributed by atoms with Gasteiger partial charge in [-0.05, 0) is 31.1 Å². The molecule has 0 spiro atoms. The summed E-state index contributed by atoms with van der Waals surface area (Å²) in [5, 5.41) is 9.02. The third kappa shape index (κ3) is 2.71. The Morgan fingerprint density at radius 1 is 1.64 bits per heavy atom. The van der Waals surface area contributed by atoms with Crippen LogP contribution in [0, 0.1) is 11.8 Å². The molecule has 2 atom stereocenters. The van der Waals surface area contributed by atoms with E-state index in [4.69, 9.17) is 10.8 Å². The van der Waals surface area contributed by atoms with Crippen LogP contribution in [0.1, 0.15) is 46.0 Å². The van der Waals surface area contributed by atoms with Crippen LogP contribution in [-0.2, 0) is 4.79 Å². The van der Waals surface area contributed by atoms with E-state index in [0.29, 0.717) is 24.7 Å². The highest BCUT2D eigenvalue weighted by Gasteiger charge is 2.39. The van der Waals surface area contributed by atoms with Gasteiger partial charge < -0.3 is 10.8 Å². The lowest BCUT2D eigenvalue weighted by atomic mass is 9.74. The summed E-state index contributed by atoms with van der Waals surface area (Å²) in [7, 11) is 0. The molecule has 1 rings (SSSR count). The monoisotopic (exact) mass is 199 g/mol. The van der Waals surface area contributed by atoms with Crippen LogP contribution in [0.5, 0.6) is 0 Å². The molecular formula is C11H21NO2. The highest BCUT2D eigenvalue weighted by molar-refractivity contribution is 5.78. The van der Waals surface area contributed by atoms with Crippen molar-refractivity contribution in [3.63, 3.8) is 0 Å². The van der Waals surface area contributed by atoms with Crippen molar-refractivity contribution in [3.05, 3.63) is 0 Å². The van der Waals surface area contributed by atoms with Gasteiger partial charge in [-0.2, -0.15) is 0 Å². The van der Waals surface area contributed by atoms with E-state index in [1.54, 1.807) is 0 Å². The zero-order chi connectivity index (χ0) is 10.8. The van der Waals surface area contributed by atoms with Crippen LogP contribution in [0.3, 0.4) is 0 Å². The van der Waals surface area contributed by atoms with Crippen LogP contribution in [0.15, 0.2) is 0 Å². The summed E-state index contributed by atoms with van der Waals surface area (Å²) in [6.07, 6.45) is 4.49. The summed E-state index contributed by atoms with van der Waals surface area (Å²) in [4.78, 5) is 11.0. The molecule has 0 aromatic carbocycles. The molecule has 1 fully saturated rings. The predicted octanol–water partition coefficient (Wildman–Crippen LogP) is 2.00. The van der Waals surface area contributed by atoms with E-state index >= 15 is 0 Å². The number of carboxylic acids is 1. The van der Waals surface area contributed by atoms with Gasteiger partial charge in [0.2, 0.25) is 0 Å². The molecule has 0 saturated heterocycles. The molecule has 0 aromatic rings. The van der Waals surface area contributed by atoms with Crippen molar-refractivity contribution in [1.29, 1.82) is 0 Å². The molecule has 1 aliphatic rings. The van der Waals surface area contributed by atoms with Crippen molar-refractivity contribution in [1.82, 2.24) is 0 Å². The first-order valence-corrected chi connectivity index (χ1v) is 5.46. The number of aliphatic carboxylic acids is 1. The van der Waals surface area contributed by atoms with Gasteiger partial charge in [-0.1, -0.05) is 26.7 Å². The van der Waals surface area contributed by atoms with Gasteiger partial charge in [-0.3, -0.25) is 4.79 Å². The summed E-state index contributed by atoms with van der Waals surface area (Å²) in [6.45, 7) is 4.35. The zero-order valence-electron chi connectivity index (χ0n) is 9.12. The summed E-state index contributed by atoms with van der Waals surface area (Å²) in [5.74, 6) is 0.312. The van der Waals surface area contributed by atoms with Crippen molar-refractivity contribution >= 4 is 5.97 Å². The molecule has 2 unspecified atom stereocenters. The highest BCUT2D eigenvalue weighted by atomic mass is 16.4. The third-order valence-electron chi connectivity index (χ3n) is 3.12. The van der Waals surface area contributed by atoms with Gasteiger partial charge in [-0.25, -0.2) is 0 Å². The summed E-state index contributed by atoms with van der Waals surface area (Å²) in [5.41, 5.74) is 4.92. The molecule has 1 aliphatic carbocycles. The molecule has 0 amide bonds. The van der Waals surface area contributed by atoms with E-state index in [-0.39, 0.29) is 0 Å². The first-order chi connectivity index (χ1) is 6.44. The van der Waals surface area contributed by atoms with Crippen LogP contribution < -0.4 is 5.73 Å². The van der Waals surface area contributed by atoms with Gasteiger partial charge in [0.05, 0.1) is 0 Å². The maximum Gasteiger partial charge on any atom is 0.323 e. The third-order valence-corrected chi connectivity index (χ3v) is 3.12. The molecule has 0 radical (unpaired) electrons. The lowest BCUT2D eigenvalue weighted by molar-refractivity contribution is -0.145. The standard InChI is InChI=1S/C11H21NO2/c1-8(2)6-9-4-3-5-11(12,7-9)10(13)14/h8-9H,3-7,12H2,1-2H3,(H,13,14). The molecule has 0 aromatic heterocycles. The van der Waals surface area contributed by atoms with Crippen LogP contribution in [-0.4, -0.2) is 16.6 Å². The van der Waals surface area contributed by atoms with E-state index in [0.717, 1.165) is 19.3 Å². The van der Waals surface area contributed by atoms with Gasteiger partial charge in [0.15, 0.2) is 0 Å². The average Bonchev–Trinajstić information content (AvgIpc) is 2.02. The topological polar surface area (TPSA) is 63.3 Å². The Balaban J connectivity index is 2.55. The molecule has 82 valence electrons. The minimum absolute atomic E-state index is 0.504. The predicted molar refractivity (Wildman–Crippen MR) is 56.0 cm³/mol. The molecule has 0 heterocycles. The lowest BCUT2D eigenvalue weighted by Gasteiger charge is -2.35. The highest BCUT2D eigenvalue weighted by Crippen LogP contribution is 2.34. The van der Waals surface area contributed by atoms with E-state index in [9.17, 15) is 4.79 Å². The van der Waals surface area contributed by atoms with E-state index in [1.807, 2.05) is 0 Å².